The quantitative estimate of drug-likeness (QED) is 0.230. The topological polar surface area (TPSA) is 126 Å². The van der Waals surface area contributed by atoms with Crippen LogP contribution in [0.15, 0.2) is 78.0 Å². The van der Waals surface area contributed by atoms with Crippen LogP contribution in [0.5, 0.6) is 0 Å². The molecule has 10 heteroatoms. The molecule has 32 heavy (non-hydrogen) atoms. The minimum atomic E-state index is -0.478. The first kappa shape index (κ1) is 20.7. The van der Waals surface area contributed by atoms with E-state index in [-0.39, 0.29) is 18.0 Å². The Hall–Kier alpha value is -4.60. The lowest BCUT2D eigenvalue weighted by Gasteiger charge is -2.07. The van der Waals surface area contributed by atoms with Crippen molar-refractivity contribution < 1.29 is 14.7 Å². The number of para-hydroxylation sites is 1. The standard InChI is InChI=1S/C22H17N5O5/c28-26(29)18-10-11-21-19(12-18)24-22(25(21)14-16-6-2-1-3-7-16)13-23-32-15-17-8-4-5-9-20(17)27(30)31/h1-13H,14-15H2. The van der Waals surface area contributed by atoms with Gasteiger partial charge in [0.1, 0.15) is 12.8 Å². The van der Waals surface area contributed by atoms with Gasteiger partial charge >= 0.3 is 0 Å². The Morgan fingerprint density at radius 1 is 0.969 bits per heavy atom. The number of imidazole rings is 1. The second kappa shape index (κ2) is 9.04. The Kier molecular flexibility index (Phi) is 5.84. The summed E-state index contributed by atoms with van der Waals surface area (Å²) in [6.07, 6.45) is 1.39. The van der Waals surface area contributed by atoms with Gasteiger partial charge in [0.15, 0.2) is 5.82 Å². The first-order chi connectivity index (χ1) is 15.5. The summed E-state index contributed by atoms with van der Waals surface area (Å²) in [6.45, 7) is 0.388. The van der Waals surface area contributed by atoms with Crippen molar-refractivity contribution in [3.8, 4) is 0 Å². The van der Waals surface area contributed by atoms with E-state index < -0.39 is 9.85 Å². The van der Waals surface area contributed by atoms with Crippen molar-refractivity contribution in [3.05, 3.63) is 110 Å². The predicted octanol–water partition coefficient (Wildman–Crippen LogP) is 4.45. The molecule has 3 aromatic carbocycles. The summed E-state index contributed by atoms with van der Waals surface area (Å²) < 4.78 is 1.87. The van der Waals surface area contributed by atoms with Crippen LogP contribution in [0.3, 0.4) is 0 Å². The van der Waals surface area contributed by atoms with E-state index in [4.69, 9.17) is 4.84 Å². The maximum absolute atomic E-state index is 11.1. The summed E-state index contributed by atoms with van der Waals surface area (Å²) in [4.78, 5) is 31.0. The van der Waals surface area contributed by atoms with Crippen molar-refractivity contribution in [1.82, 2.24) is 9.55 Å². The number of non-ortho nitro benzene ring substituents is 1. The molecule has 0 fully saturated rings. The molecule has 0 N–H and O–H groups in total. The van der Waals surface area contributed by atoms with Gasteiger partial charge in [-0.2, -0.15) is 0 Å². The van der Waals surface area contributed by atoms with Gasteiger partial charge in [-0.15, -0.1) is 0 Å². The molecular formula is C22H17N5O5. The van der Waals surface area contributed by atoms with E-state index >= 15 is 0 Å². The van der Waals surface area contributed by atoms with Gasteiger partial charge in [-0.3, -0.25) is 20.2 Å². The van der Waals surface area contributed by atoms with Crippen LogP contribution in [0.25, 0.3) is 11.0 Å². The van der Waals surface area contributed by atoms with Crippen molar-refractivity contribution >= 4 is 28.6 Å². The minimum Gasteiger partial charge on any atom is -0.391 e. The third-order valence-corrected chi connectivity index (χ3v) is 4.81. The predicted molar refractivity (Wildman–Crippen MR) is 117 cm³/mol. The molecule has 4 aromatic rings. The van der Waals surface area contributed by atoms with Crippen LogP contribution in [0.4, 0.5) is 11.4 Å². The Bertz CT molecular complexity index is 1320. The number of aromatic nitrogens is 2. The molecule has 0 saturated carbocycles. The summed E-state index contributed by atoms with van der Waals surface area (Å²) in [7, 11) is 0. The highest BCUT2D eigenvalue weighted by atomic mass is 16.6. The number of benzene rings is 3. The summed E-state index contributed by atoms with van der Waals surface area (Å²) in [5, 5.41) is 26.2. The van der Waals surface area contributed by atoms with Crippen molar-refractivity contribution in [3.63, 3.8) is 0 Å². The molecule has 0 aliphatic rings. The maximum atomic E-state index is 11.1. The number of nitro benzene ring substituents is 2. The molecule has 1 aromatic heterocycles. The molecule has 160 valence electrons. The molecule has 10 nitrogen and oxygen atoms in total. The van der Waals surface area contributed by atoms with E-state index in [1.54, 1.807) is 24.3 Å². The molecule has 0 spiro atoms. The van der Waals surface area contributed by atoms with Crippen molar-refractivity contribution in [2.24, 2.45) is 5.16 Å². The summed E-state index contributed by atoms with van der Waals surface area (Å²) in [5.41, 5.74) is 2.46. The Morgan fingerprint density at radius 3 is 2.47 bits per heavy atom. The second-order valence-corrected chi connectivity index (χ2v) is 6.87. The highest BCUT2D eigenvalue weighted by Gasteiger charge is 2.15. The monoisotopic (exact) mass is 431 g/mol. The van der Waals surface area contributed by atoms with Crippen molar-refractivity contribution in [1.29, 1.82) is 0 Å². The first-order valence-corrected chi connectivity index (χ1v) is 9.59. The maximum Gasteiger partial charge on any atom is 0.276 e. The lowest BCUT2D eigenvalue weighted by molar-refractivity contribution is -0.386. The van der Waals surface area contributed by atoms with E-state index in [1.807, 2.05) is 34.9 Å². The number of hydrogen-bond acceptors (Lipinski definition) is 7. The second-order valence-electron chi connectivity index (χ2n) is 6.87. The van der Waals surface area contributed by atoms with Crippen LogP contribution >= 0.6 is 0 Å². The molecule has 0 bridgehead atoms. The zero-order valence-electron chi connectivity index (χ0n) is 16.7. The Morgan fingerprint density at radius 2 is 1.72 bits per heavy atom. The molecule has 1 heterocycles. The van der Waals surface area contributed by atoms with Crippen LogP contribution in [0.2, 0.25) is 0 Å². The summed E-state index contributed by atoms with van der Waals surface area (Å²) in [6, 6.07) is 20.4. The van der Waals surface area contributed by atoms with Crippen LogP contribution in [0.1, 0.15) is 17.0 Å². The summed E-state index contributed by atoms with van der Waals surface area (Å²) >= 11 is 0. The van der Waals surface area contributed by atoms with Gasteiger partial charge in [-0.25, -0.2) is 4.98 Å². The molecule has 0 unspecified atom stereocenters. The first-order valence-electron chi connectivity index (χ1n) is 9.59. The lowest BCUT2D eigenvalue weighted by atomic mass is 10.2. The van der Waals surface area contributed by atoms with E-state index in [0.29, 0.717) is 29.0 Å². The van der Waals surface area contributed by atoms with Gasteiger partial charge in [-0.1, -0.05) is 47.6 Å². The van der Waals surface area contributed by atoms with Gasteiger partial charge in [0.25, 0.3) is 11.4 Å². The van der Waals surface area contributed by atoms with Crippen LogP contribution in [0, 0.1) is 20.2 Å². The third kappa shape index (κ3) is 4.43. The Labute approximate surface area is 181 Å². The average Bonchev–Trinajstić information content (AvgIpc) is 3.14. The molecule has 0 atom stereocenters. The van der Waals surface area contributed by atoms with Gasteiger partial charge < -0.3 is 9.40 Å². The number of hydrogen-bond donors (Lipinski definition) is 0. The average molecular weight is 431 g/mol. The fourth-order valence-corrected chi connectivity index (χ4v) is 3.28. The fourth-order valence-electron chi connectivity index (χ4n) is 3.28. The SMILES string of the molecule is O=[N+]([O-])c1ccc2c(c1)nc(C=NOCc1ccccc1[N+](=O)[O-])n2Cc1ccccc1. The summed E-state index contributed by atoms with van der Waals surface area (Å²) in [5.74, 6) is 0.437. The number of rotatable bonds is 8. The number of nitrogens with zero attached hydrogens (tertiary/aromatic N) is 5. The third-order valence-electron chi connectivity index (χ3n) is 4.81. The van der Waals surface area contributed by atoms with Crippen LogP contribution in [-0.2, 0) is 18.0 Å². The molecule has 0 amide bonds. The van der Waals surface area contributed by atoms with Gasteiger partial charge in [-0.05, 0) is 17.7 Å². The number of fused-ring (bicyclic) bond motifs is 1. The molecular weight excluding hydrogens is 414 g/mol. The largest absolute Gasteiger partial charge is 0.391 e. The van der Waals surface area contributed by atoms with Crippen molar-refractivity contribution in [2.45, 2.75) is 13.2 Å². The Balaban J connectivity index is 1.62. The van der Waals surface area contributed by atoms with Crippen LogP contribution in [-0.4, -0.2) is 25.6 Å². The van der Waals surface area contributed by atoms with Crippen LogP contribution < -0.4 is 0 Å². The molecule has 0 aliphatic carbocycles. The molecule has 0 saturated heterocycles. The normalized spacial score (nSPS) is 11.1. The van der Waals surface area contributed by atoms with Gasteiger partial charge in [0, 0.05) is 24.7 Å². The zero-order valence-corrected chi connectivity index (χ0v) is 16.7. The van der Waals surface area contributed by atoms with Gasteiger partial charge in [0.2, 0.25) is 0 Å². The highest BCUT2D eigenvalue weighted by molar-refractivity contribution is 5.86. The minimum absolute atomic E-state index is 0.0497. The van der Waals surface area contributed by atoms with Gasteiger partial charge in [0.05, 0.1) is 26.4 Å². The van der Waals surface area contributed by atoms with E-state index in [9.17, 15) is 20.2 Å². The number of nitro groups is 2. The fraction of sp³-hybridized carbons (Fsp3) is 0.0909. The van der Waals surface area contributed by atoms with E-state index in [1.165, 1.54) is 24.4 Å². The zero-order chi connectivity index (χ0) is 22.5. The number of oxime groups is 1. The molecule has 0 aliphatic heterocycles. The van der Waals surface area contributed by atoms with E-state index in [2.05, 4.69) is 10.1 Å². The molecule has 4 rings (SSSR count). The highest BCUT2D eigenvalue weighted by Crippen LogP contribution is 2.23. The van der Waals surface area contributed by atoms with E-state index in [0.717, 1.165) is 5.56 Å². The lowest BCUT2D eigenvalue weighted by Crippen LogP contribution is -2.05. The smallest absolute Gasteiger partial charge is 0.276 e. The van der Waals surface area contributed by atoms with Crippen molar-refractivity contribution in [2.75, 3.05) is 0 Å². The molecule has 0 radical (unpaired) electrons.